The van der Waals surface area contributed by atoms with Gasteiger partial charge in [0, 0.05) is 43.4 Å². The molecule has 32 heavy (non-hydrogen) atoms. The van der Waals surface area contributed by atoms with Gasteiger partial charge in [-0.15, -0.1) is 0 Å². The number of nitrogens with zero attached hydrogens (tertiary/aromatic N) is 5. The van der Waals surface area contributed by atoms with Gasteiger partial charge in [0.15, 0.2) is 5.82 Å². The zero-order valence-electron chi connectivity index (χ0n) is 18.7. The highest BCUT2D eigenvalue weighted by Gasteiger charge is 2.27. The SMILES string of the molecule is Cn1cc2ccc(Nc3ncc(Cl)c(NC4CCN(C(=O)OC(C)(C)C)CC4)n3)cc2n1. The second-order valence-corrected chi connectivity index (χ2v) is 9.38. The Kier molecular flexibility index (Phi) is 6.10. The van der Waals surface area contributed by atoms with E-state index in [1.54, 1.807) is 15.8 Å². The third-order valence-corrected chi connectivity index (χ3v) is 5.39. The molecule has 2 aromatic heterocycles. The van der Waals surface area contributed by atoms with Crippen molar-refractivity contribution >= 4 is 46.1 Å². The fraction of sp³-hybridized carbons (Fsp3) is 0.455. The number of hydrogen-bond donors (Lipinski definition) is 2. The first-order chi connectivity index (χ1) is 15.2. The van der Waals surface area contributed by atoms with Gasteiger partial charge in [0.05, 0.1) is 11.7 Å². The van der Waals surface area contributed by atoms with Crippen molar-refractivity contribution in [3.8, 4) is 0 Å². The molecule has 0 spiro atoms. The van der Waals surface area contributed by atoms with Crippen molar-refractivity contribution < 1.29 is 9.53 Å². The molecule has 9 nitrogen and oxygen atoms in total. The summed E-state index contributed by atoms with van der Waals surface area (Å²) in [5.41, 5.74) is 1.24. The van der Waals surface area contributed by atoms with Gasteiger partial charge in [-0.2, -0.15) is 10.1 Å². The quantitative estimate of drug-likeness (QED) is 0.592. The van der Waals surface area contributed by atoms with Crippen molar-refractivity contribution in [1.29, 1.82) is 0 Å². The molecule has 1 saturated heterocycles. The molecule has 1 aromatic carbocycles. The predicted octanol–water partition coefficient (Wildman–Crippen LogP) is 4.57. The van der Waals surface area contributed by atoms with Gasteiger partial charge in [-0.3, -0.25) is 4.68 Å². The molecule has 1 aliphatic heterocycles. The maximum atomic E-state index is 12.3. The highest BCUT2D eigenvalue weighted by Crippen LogP contribution is 2.26. The molecule has 0 unspecified atom stereocenters. The fourth-order valence-corrected chi connectivity index (χ4v) is 3.75. The minimum Gasteiger partial charge on any atom is -0.444 e. The molecule has 1 fully saturated rings. The van der Waals surface area contributed by atoms with Crippen LogP contribution in [0.1, 0.15) is 33.6 Å². The van der Waals surface area contributed by atoms with Gasteiger partial charge >= 0.3 is 6.09 Å². The Morgan fingerprint density at radius 1 is 1.25 bits per heavy atom. The summed E-state index contributed by atoms with van der Waals surface area (Å²) in [6.07, 6.45) is 4.83. The number of likely N-dealkylation sites (tertiary alicyclic amines) is 1. The van der Waals surface area contributed by atoms with Crippen LogP contribution in [0.4, 0.5) is 22.2 Å². The lowest BCUT2D eigenvalue weighted by Gasteiger charge is -2.34. The maximum absolute atomic E-state index is 12.3. The first-order valence-electron chi connectivity index (χ1n) is 10.6. The van der Waals surface area contributed by atoms with Crippen molar-refractivity contribution in [3.05, 3.63) is 35.6 Å². The van der Waals surface area contributed by atoms with E-state index in [0.717, 1.165) is 29.4 Å². The summed E-state index contributed by atoms with van der Waals surface area (Å²) in [5, 5.41) is 12.6. The van der Waals surface area contributed by atoms with E-state index in [0.29, 0.717) is 29.9 Å². The lowest BCUT2D eigenvalue weighted by Crippen LogP contribution is -2.44. The third kappa shape index (κ3) is 5.40. The first kappa shape index (κ1) is 22.1. The van der Waals surface area contributed by atoms with Gasteiger partial charge in [-0.05, 0) is 51.8 Å². The number of halogens is 1. The smallest absolute Gasteiger partial charge is 0.410 e. The molecule has 0 bridgehead atoms. The number of carbonyl (C=O) groups excluding carboxylic acids is 1. The molecular weight excluding hydrogens is 430 g/mol. The second-order valence-electron chi connectivity index (χ2n) is 8.98. The number of aryl methyl sites for hydroxylation is 1. The number of carbonyl (C=O) groups is 1. The zero-order chi connectivity index (χ0) is 22.9. The Labute approximate surface area is 192 Å². The van der Waals surface area contributed by atoms with Gasteiger partial charge in [0.25, 0.3) is 0 Å². The molecule has 170 valence electrons. The molecule has 3 aromatic rings. The minimum absolute atomic E-state index is 0.152. The number of anilines is 3. The van der Waals surface area contributed by atoms with Crippen molar-refractivity contribution in [1.82, 2.24) is 24.6 Å². The molecule has 0 atom stereocenters. The normalized spacial score (nSPS) is 15.1. The van der Waals surface area contributed by atoms with E-state index in [2.05, 4.69) is 25.7 Å². The van der Waals surface area contributed by atoms with Crippen LogP contribution in [0.25, 0.3) is 10.9 Å². The second kappa shape index (κ2) is 8.82. The molecule has 10 heteroatoms. The van der Waals surface area contributed by atoms with Crippen LogP contribution in [0.15, 0.2) is 30.6 Å². The minimum atomic E-state index is -0.495. The Balaban J connectivity index is 1.38. The molecular formula is C22H28ClN7O2. The first-order valence-corrected chi connectivity index (χ1v) is 11.0. The number of nitrogens with one attached hydrogen (secondary N) is 2. The van der Waals surface area contributed by atoms with E-state index in [4.69, 9.17) is 16.3 Å². The predicted molar refractivity (Wildman–Crippen MR) is 125 cm³/mol. The standard InChI is InChI=1S/C22H28ClN7O2/c1-22(2,3)32-21(31)30-9-7-15(8-10-30)25-19-17(23)12-24-20(27-19)26-16-6-5-14-13-29(4)28-18(14)11-16/h5-6,11-13,15H,7-10H2,1-4H3,(H2,24,25,26,27). The van der Waals surface area contributed by atoms with Crippen LogP contribution in [0, 0.1) is 0 Å². The topological polar surface area (TPSA) is 97.2 Å². The summed E-state index contributed by atoms with van der Waals surface area (Å²) < 4.78 is 7.24. The van der Waals surface area contributed by atoms with Crippen LogP contribution in [0.5, 0.6) is 0 Å². The number of rotatable bonds is 4. The average molecular weight is 458 g/mol. The monoisotopic (exact) mass is 457 g/mol. The van der Waals surface area contributed by atoms with Gasteiger partial charge in [-0.25, -0.2) is 9.78 Å². The van der Waals surface area contributed by atoms with Crippen LogP contribution in [-0.2, 0) is 11.8 Å². The number of benzene rings is 1. The van der Waals surface area contributed by atoms with E-state index < -0.39 is 5.60 Å². The Morgan fingerprint density at radius 2 is 2.00 bits per heavy atom. The molecule has 1 amide bonds. The lowest BCUT2D eigenvalue weighted by atomic mass is 10.1. The van der Waals surface area contributed by atoms with E-state index in [-0.39, 0.29) is 12.1 Å². The number of hydrogen-bond acceptors (Lipinski definition) is 7. The van der Waals surface area contributed by atoms with Crippen molar-refractivity contribution in [2.75, 3.05) is 23.7 Å². The molecule has 0 radical (unpaired) electrons. The molecule has 0 aliphatic carbocycles. The van der Waals surface area contributed by atoms with E-state index in [1.807, 2.05) is 52.2 Å². The van der Waals surface area contributed by atoms with Crippen molar-refractivity contribution in [2.45, 2.75) is 45.3 Å². The Hall–Kier alpha value is -3.07. The number of aromatic nitrogens is 4. The lowest BCUT2D eigenvalue weighted by molar-refractivity contribution is 0.0210. The van der Waals surface area contributed by atoms with Crippen LogP contribution in [0.2, 0.25) is 5.02 Å². The molecule has 1 aliphatic rings. The largest absolute Gasteiger partial charge is 0.444 e. The maximum Gasteiger partial charge on any atom is 0.410 e. The molecule has 0 saturated carbocycles. The van der Waals surface area contributed by atoms with Crippen LogP contribution in [-0.4, -0.2) is 55.5 Å². The molecule has 2 N–H and O–H groups in total. The fourth-order valence-electron chi connectivity index (χ4n) is 3.60. The summed E-state index contributed by atoms with van der Waals surface area (Å²) in [4.78, 5) is 22.8. The van der Waals surface area contributed by atoms with Gasteiger partial charge in [0.1, 0.15) is 10.6 Å². The summed E-state index contributed by atoms with van der Waals surface area (Å²) >= 11 is 6.34. The van der Waals surface area contributed by atoms with Gasteiger partial charge in [-0.1, -0.05) is 11.6 Å². The highest BCUT2D eigenvalue weighted by atomic mass is 35.5. The Morgan fingerprint density at radius 3 is 2.72 bits per heavy atom. The summed E-state index contributed by atoms with van der Waals surface area (Å²) in [6, 6.07) is 6.06. The highest BCUT2D eigenvalue weighted by molar-refractivity contribution is 6.32. The number of amides is 1. The van der Waals surface area contributed by atoms with Crippen LogP contribution >= 0.6 is 11.6 Å². The number of fused-ring (bicyclic) bond motifs is 1. The van der Waals surface area contributed by atoms with Crippen molar-refractivity contribution in [3.63, 3.8) is 0 Å². The molecule has 3 heterocycles. The van der Waals surface area contributed by atoms with Crippen LogP contribution < -0.4 is 10.6 Å². The van der Waals surface area contributed by atoms with Crippen molar-refractivity contribution in [2.24, 2.45) is 7.05 Å². The number of piperidine rings is 1. The van der Waals surface area contributed by atoms with E-state index in [1.165, 1.54) is 0 Å². The van der Waals surface area contributed by atoms with E-state index >= 15 is 0 Å². The summed E-state index contributed by atoms with van der Waals surface area (Å²) in [5.74, 6) is 1.01. The number of ether oxygens (including phenoxy) is 1. The average Bonchev–Trinajstić information content (AvgIpc) is 3.09. The van der Waals surface area contributed by atoms with Gasteiger partial charge < -0.3 is 20.3 Å². The van der Waals surface area contributed by atoms with Crippen LogP contribution in [0.3, 0.4) is 0 Å². The van der Waals surface area contributed by atoms with E-state index in [9.17, 15) is 4.79 Å². The Bertz CT molecular complexity index is 1120. The molecule has 4 rings (SSSR count). The summed E-state index contributed by atoms with van der Waals surface area (Å²) in [7, 11) is 1.89. The van der Waals surface area contributed by atoms with Gasteiger partial charge in [0.2, 0.25) is 5.95 Å². The zero-order valence-corrected chi connectivity index (χ0v) is 19.5. The summed E-state index contributed by atoms with van der Waals surface area (Å²) in [6.45, 7) is 6.85. The third-order valence-electron chi connectivity index (χ3n) is 5.11.